The molecule has 0 amide bonds. The Bertz CT molecular complexity index is 506. The van der Waals surface area contributed by atoms with Crippen LogP contribution in [0.2, 0.25) is 0 Å². The molecule has 0 N–H and O–H groups in total. The van der Waals surface area contributed by atoms with Crippen LogP contribution in [0.1, 0.15) is 27.7 Å². The molecule has 24 heavy (non-hydrogen) atoms. The first-order valence-corrected chi connectivity index (χ1v) is 7.62. The first kappa shape index (κ1) is 20.2. The van der Waals surface area contributed by atoms with Gasteiger partial charge in [0.2, 0.25) is 0 Å². The molecule has 0 aromatic carbocycles. The van der Waals surface area contributed by atoms with E-state index < -0.39 is 53.7 Å². The second kappa shape index (κ2) is 8.88. The van der Waals surface area contributed by atoms with E-state index in [1.54, 1.807) is 0 Å². The van der Waals surface area contributed by atoms with E-state index in [0.29, 0.717) is 0 Å². The van der Waals surface area contributed by atoms with E-state index in [4.69, 9.17) is 23.7 Å². The van der Waals surface area contributed by atoms with Crippen molar-refractivity contribution in [2.75, 3.05) is 6.61 Å². The number of esters is 4. The van der Waals surface area contributed by atoms with Gasteiger partial charge in [0.25, 0.3) is 0 Å². The third-order valence-electron chi connectivity index (χ3n) is 2.97. The van der Waals surface area contributed by atoms with E-state index in [9.17, 15) is 19.2 Å². The van der Waals surface area contributed by atoms with Crippen LogP contribution < -0.4 is 0 Å². The van der Waals surface area contributed by atoms with Crippen LogP contribution in [0.3, 0.4) is 0 Å². The summed E-state index contributed by atoms with van der Waals surface area (Å²) in [5.74, 6) is -2.57. The Kier molecular flexibility index (Phi) is 7.49. The van der Waals surface area contributed by atoms with Crippen LogP contribution in [-0.2, 0) is 42.9 Å². The van der Waals surface area contributed by atoms with Gasteiger partial charge in [0.15, 0.2) is 18.3 Å². The summed E-state index contributed by atoms with van der Waals surface area (Å²) >= 11 is 4.18. The third-order valence-corrected chi connectivity index (χ3v) is 3.38. The lowest BCUT2D eigenvalue weighted by Crippen LogP contribution is -2.61. The maximum Gasteiger partial charge on any atom is 0.303 e. The van der Waals surface area contributed by atoms with Gasteiger partial charge in [-0.15, -0.1) is 12.6 Å². The minimum absolute atomic E-state index is 0.255. The zero-order valence-electron chi connectivity index (χ0n) is 13.7. The summed E-state index contributed by atoms with van der Waals surface area (Å²) in [5, 5.41) is 0. The Morgan fingerprint density at radius 3 is 1.71 bits per heavy atom. The summed E-state index contributed by atoms with van der Waals surface area (Å²) in [6.45, 7) is 4.42. The van der Waals surface area contributed by atoms with E-state index in [-0.39, 0.29) is 6.61 Å². The summed E-state index contributed by atoms with van der Waals surface area (Å²) in [5.41, 5.74) is -0.981. The van der Waals surface area contributed by atoms with E-state index in [1.807, 2.05) is 0 Å². The second-order valence-corrected chi connectivity index (χ2v) is 5.60. The van der Waals surface area contributed by atoms with E-state index >= 15 is 0 Å². The predicted octanol–water partition coefficient (Wildman–Crippen LogP) is -0.000700. The normalized spacial score (nSPS) is 29.3. The van der Waals surface area contributed by atoms with Crippen molar-refractivity contribution in [2.24, 2.45) is 0 Å². The molecule has 0 aromatic rings. The highest BCUT2D eigenvalue weighted by molar-refractivity contribution is 7.80. The molecule has 0 spiro atoms. The highest BCUT2D eigenvalue weighted by Gasteiger charge is 2.51. The van der Waals surface area contributed by atoms with Gasteiger partial charge in [-0.25, -0.2) is 0 Å². The zero-order chi connectivity index (χ0) is 18.4. The molecule has 9 nitrogen and oxygen atoms in total. The average Bonchev–Trinajstić information content (AvgIpc) is 2.42. The highest BCUT2D eigenvalue weighted by atomic mass is 32.1. The maximum atomic E-state index is 11.4. The summed E-state index contributed by atoms with van der Waals surface area (Å²) in [4.78, 5) is 45.1. The summed E-state index contributed by atoms with van der Waals surface area (Å²) < 4.78 is 25.8. The van der Waals surface area contributed by atoms with Gasteiger partial charge in [-0.2, -0.15) is 0 Å². The molecule has 0 aliphatic carbocycles. The second-order valence-electron chi connectivity index (χ2n) is 5.09. The quantitative estimate of drug-likeness (QED) is 0.409. The molecule has 10 heteroatoms. The Morgan fingerprint density at radius 2 is 1.25 bits per heavy atom. The third kappa shape index (κ3) is 6.00. The van der Waals surface area contributed by atoms with Gasteiger partial charge in [0.1, 0.15) is 18.1 Å². The fourth-order valence-electron chi connectivity index (χ4n) is 2.21. The summed E-state index contributed by atoms with van der Waals surface area (Å²) in [6, 6.07) is 0. The van der Waals surface area contributed by atoms with Gasteiger partial charge in [0, 0.05) is 27.7 Å². The molecule has 136 valence electrons. The molecule has 0 bridgehead atoms. The van der Waals surface area contributed by atoms with E-state index in [1.165, 1.54) is 6.92 Å². The van der Waals surface area contributed by atoms with Crippen molar-refractivity contribution in [3.63, 3.8) is 0 Å². The Balaban J connectivity index is 3.11. The van der Waals surface area contributed by atoms with Gasteiger partial charge in [-0.05, 0) is 0 Å². The number of carbonyl (C=O) groups is 4. The van der Waals surface area contributed by atoms with Crippen LogP contribution >= 0.6 is 12.6 Å². The molecule has 1 rings (SSSR count). The van der Waals surface area contributed by atoms with Crippen molar-refractivity contribution < 1.29 is 42.9 Å². The van der Waals surface area contributed by atoms with Crippen molar-refractivity contribution in [3.8, 4) is 0 Å². The standard InChI is InChI=1S/C14H20O9S/c1-6(15)19-5-10-11(20-7(2)16)12(21-8(3)17)13(14(24)23-10)22-9(4)18/h10-14,24H,5H2,1-4H3/t10?,11-,12-,13?,14-/m0/s1. The molecule has 2 unspecified atom stereocenters. The minimum atomic E-state index is -1.16. The molecule has 1 saturated heterocycles. The smallest absolute Gasteiger partial charge is 0.303 e. The van der Waals surface area contributed by atoms with Crippen molar-refractivity contribution in [2.45, 2.75) is 57.5 Å². The van der Waals surface area contributed by atoms with Crippen LogP contribution in [-0.4, -0.2) is 60.3 Å². The predicted molar refractivity (Wildman–Crippen MR) is 80.9 cm³/mol. The Hall–Kier alpha value is -1.81. The van der Waals surface area contributed by atoms with Crippen LogP contribution in [0.4, 0.5) is 0 Å². The van der Waals surface area contributed by atoms with Crippen LogP contribution in [0.15, 0.2) is 0 Å². The molecule has 1 aliphatic heterocycles. The number of ether oxygens (including phenoxy) is 5. The molecule has 1 aliphatic rings. The largest absolute Gasteiger partial charge is 0.463 e. The first-order valence-electron chi connectivity index (χ1n) is 7.10. The van der Waals surface area contributed by atoms with Gasteiger partial charge in [-0.3, -0.25) is 19.2 Å². The maximum absolute atomic E-state index is 11.4. The molecule has 1 fully saturated rings. The van der Waals surface area contributed by atoms with Crippen LogP contribution in [0.25, 0.3) is 0 Å². The number of hydrogen-bond acceptors (Lipinski definition) is 10. The van der Waals surface area contributed by atoms with Crippen LogP contribution in [0.5, 0.6) is 0 Å². The Morgan fingerprint density at radius 1 is 0.792 bits per heavy atom. The summed E-state index contributed by atoms with van der Waals surface area (Å²) in [7, 11) is 0. The number of carbonyl (C=O) groups excluding carboxylic acids is 4. The lowest BCUT2D eigenvalue weighted by atomic mass is 9.99. The SMILES string of the molecule is CC(=O)OCC1O[C@@H](S)C(OC(C)=O)[C@@H](OC(C)=O)[C@H]1OC(C)=O. The Labute approximate surface area is 144 Å². The van der Waals surface area contributed by atoms with Crippen molar-refractivity contribution in [1.82, 2.24) is 0 Å². The van der Waals surface area contributed by atoms with E-state index in [2.05, 4.69) is 12.6 Å². The van der Waals surface area contributed by atoms with Crippen LogP contribution in [0, 0.1) is 0 Å². The molecule has 0 saturated carbocycles. The molecular formula is C14H20O9S. The fraction of sp³-hybridized carbons (Fsp3) is 0.714. The summed E-state index contributed by atoms with van der Waals surface area (Å²) in [6.07, 6.45) is -4.35. The van der Waals surface area contributed by atoms with E-state index in [0.717, 1.165) is 20.8 Å². The molecule has 5 atom stereocenters. The fourth-order valence-corrected chi connectivity index (χ4v) is 2.59. The number of rotatable bonds is 5. The molecular weight excluding hydrogens is 344 g/mol. The molecule has 1 heterocycles. The average molecular weight is 364 g/mol. The monoisotopic (exact) mass is 364 g/mol. The minimum Gasteiger partial charge on any atom is -0.463 e. The van der Waals surface area contributed by atoms with Gasteiger partial charge >= 0.3 is 23.9 Å². The van der Waals surface area contributed by atoms with Crippen molar-refractivity contribution in [1.29, 1.82) is 0 Å². The first-order chi connectivity index (χ1) is 11.1. The zero-order valence-corrected chi connectivity index (χ0v) is 14.6. The molecule has 0 aromatic heterocycles. The van der Waals surface area contributed by atoms with Gasteiger partial charge < -0.3 is 23.7 Å². The number of thiol groups is 1. The highest BCUT2D eigenvalue weighted by Crippen LogP contribution is 2.30. The lowest BCUT2D eigenvalue weighted by Gasteiger charge is -2.42. The van der Waals surface area contributed by atoms with Gasteiger partial charge in [0.05, 0.1) is 0 Å². The topological polar surface area (TPSA) is 114 Å². The van der Waals surface area contributed by atoms with Crippen molar-refractivity contribution in [3.05, 3.63) is 0 Å². The number of hydrogen-bond donors (Lipinski definition) is 1. The molecule has 0 radical (unpaired) electrons. The van der Waals surface area contributed by atoms with Gasteiger partial charge in [-0.1, -0.05) is 0 Å². The van der Waals surface area contributed by atoms with Crippen molar-refractivity contribution >= 4 is 36.5 Å². The lowest BCUT2D eigenvalue weighted by molar-refractivity contribution is -0.237.